The molecule has 2 rings (SSSR count). The van der Waals surface area contributed by atoms with Crippen LogP contribution in [0.5, 0.6) is 0 Å². The van der Waals surface area contributed by atoms with Gasteiger partial charge in [-0.3, -0.25) is 9.59 Å². The molecule has 0 heterocycles. The summed E-state index contributed by atoms with van der Waals surface area (Å²) in [5, 5.41) is 2.95. The zero-order valence-electron chi connectivity index (χ0n) is 23.2. The average Bonchev–Trinajstić information content (AvgIpc) is 2.85. The highest BCUT2D eigenvalue weighted by atomic mass is 32.2. The van der Waals surface area contributed by atoms with Gasteiger partial charge in [0, 0.05) is 27.2 Å². The molecule has 0 saturated heterocycles. The Labute approximate surface area is 222 Å². The Morgan fingerprint density at radius 3 is 2.24 bits per heavy atom. The number of unbranched alkanes of at least 4 members (excludes halogenated alkanes) is 1. The molecule has 204 valence electrons. The fourth-order valence-corrected chi connectivity index (χ4v) is 5.20. The molecule has 0 aliphatic rings. The molecule has 2 amide bonds. The molecule has 37 heavy (non-hydrogen) atoms. The minimum absolute atomic E-state index is 0.202. The smallest absolute Gasteiger partial charge is 0.304 e. The van der Waals surface area contributed by atoms with E-state index < -0.39 is 28.7 Å². The number of hydrogen-bond acceptors (Lipinski definition) is 4. The molecular formula is C28H42N4O4S. The fourth-order valence-electron chi connectivity index (χ4n) is 4.09. The quantitative estimate of drug-likeness (QED) is 0.397. The molecule has 2 aromatic carbocycles. The second kappa shape index (κ2) is 13.6. The predicted octanol–water partition coefficient (Wildman–Crippen LogP) is 3.95. The lowest BCUT2D eigenvalue weighted by Crippen LogP contribution is -2.53. The van der Waals surface area contributed by atoms with Crippen molar-refractivity contribution in [2.75, 3.05) is 31.5 Å². The Kier molecular flexibility index (Phi) is 11.1. The number of nitrogens with one attached hydrogen (secondary N) is 1. The van der Waals surface area contributed by atoms with Crippen LogP contribution in [0, 0.1) is 20.8 Å². The van der Waals surface area contributed by atoms with Crippen molar-refractivity contribution < 1.29 is 18.0 Å². The Morgan fingerprint density at radius 1 is 0.973 bits per heavy atom. The molecule has 1 N–H and O–H groups in total. The standard InChI is InChI=1S/C28H42N4O4S/c1-8-10-17-29-28(34)25(9-2)31(19-24-14-12-11-13-22(24)4)27(33)20-32(37(35,36)30(6)7)26-18-21(3)15-16-23(26)5/h11-16,18,25H,8-10,17,19-20H2,1-7H3,(H,29,34). The summed E-state index contributed by atoms with van der Waals surface area (Å²) in [5.41, 5.74) is 3.96. The van der Waals surface area contributed by atoms with Crippen molar-refractivity contribution in [3.63, 3.8) is 0 Å². The first-order valence-electron chi connectivity index (χ1n) is 12.8. The number of amides is 2. The molecule has 0 saturated carbocycles. The summed E-state index contributed by atoms with van der Waals surface area (Å²) in [4.78, 5) is 28.7. The van der Waals surface area contributed by atoms with Crippen LogP contribution >= 0.6 is 0 Å². The number of nitrogens with zero attached hydrogens (tertiary/aromatic N) is 3. The van der Waals surface area contributed by atoms with E-state index in [1.807, 2.05) is 71.0 Å². The van der Waals surface area contributed by atoms with E-state index in [4.69, 9.17) is 0 Å². The number of rotatable bonds is 13. The van der Waals surface area contributed by atoms with E-state index in [1.165, 1.54) is 19.0 Å². The highest BCUT2D eigenvalue weighted by Crippen LogP contribution is 2.26. The van der Waals surface area contributed by atoms with Crippen LogP contribution in [0.1, 0.15) is 55.4 Å². The highest BCUT2D eigenvalue weighted by molar-refractivity contribution is 7.90. The second-order valence-corrected chi connectivity index (χ2v) is 11.7. The van der Waals surface area contributed by atoms with E-state index >= 15 is 0 Å². The molecule has 0 bridgehead atoms. The number of benzene rings is 2. The molecule has 8 nitrogen and oxygen atoms in total. The third-order valence-corrected chi connectivity index (χ3v) is 8.28. The van der Waals surface area contributed by atoms with Gasteiger partial charge in [0.2, 0.25) is 11.8 Å². The van der Waals surface area contributed by atoms with Crippen molar-refractivity contribution >= 4 is 27.7 Å². The molecule has 2 aromatic rings. The maximum Gasteiger partial charge on any atom is 0.304 e. The monoisotopic (exact) mass is 530 g/mol. The van der Waals surface area contributed by atoms with Gasteiger partial charge < -0.3 is 10.2 Å². The molecule has 0 aromatic heterocycles. The van der Waals surface area contributed by atoms with Gasteiger partial charge >= 0.3 is 10.2 Å². The SMILES string of the molecule is CCCCNC(=O)C(CC)N(Cc1ccccc1C)C(=O)CN(c1cc(C)ccc1C)S(=O)(=O)N(C)C. The van der Waals surface area contributed by atoms with Gasteiger partial charge in [-0.15, -0.1) is 0 Å². The maximum absolute atomic E-state index is 14.0. The number of carbonyl (C=O) groups is 2. The van der Waals surface area contributed by atoms with E-state index in [2.05, 4.69) is 5.32 Å². The molecule has 1 unspecified atom stereocenters. The van der Waals surface area contributed by atoms with E-state index in [9.17, 15) is 18.0 Å². The van der Waals surface area contributed by atoms with E-state index in [1.54, 1.807) is 6.07 Å². The molecule has 1 atom stereocenters. The molecule has 9 heteroatoms. The topological polar surface area (TPSA) is 90.0 Å². The van der Waals surface area contributed by atoms with E-state index in [-0.39, 0.29) is 12.5 Å². The van der Waals surface area contributed by atoms with Crippen LogP contribution in [0.3, 0.4) is 0 Å². The molecular weight excluding hydrogens is 488 g/mol. The maximum atomic E-state index is 14.0. The number of carbonyl (C=O) groups excluding carboxylic acids is 2. The summed E-state index contributed by atoms with van der Waals surface area (Å²) in [5.74, 6) is -0.668. The van der Waals surface area contributed by atoms with Gasteiger partial charge in [-0.05, 0) is 61.9 Å². The van der Waals surface area contributed by atoms with Crippen molar-refractivity contribution in [2.24, 2.45) is 0 Å². The highest BCUT2D eigenvalue weighted by Gasteiger charge is 2.34. The first-order chi connectivity index (χ1) is 17.4. The van der Waals surface area contributed by atoms with Gasteiger partial charge in [0.05, 0.1) is 5.69 Å². The first-order valence-corrected chi connectivity index (χ1v) is 14.2. The molecule has 0 aliphatic heterocycles. The van der Waals surface area contributed by atoms with E-state index in [0.717, 1.165) is 43.7 Å². The largest absolute Gasteiger partial charge is 0.354 e. The summed E-state index contributed by atoms with van der Waals surface area (Å²) >= 11 is 0. The molecule has 0 radical (unpaired) electrons. The Balaban J connectivity index is 2.53. The van der Waals surface area contributed by atoms with Crippen molar-refractivity contribution in [3.8, 4) is 0 Å². The lowest BCUT2D eigenvalue weighted by Gasteiger charge is -2.34. The lowest BCUT2D eigenvalue weighted by atomic mass is 10.1. The summed E-state index contributed by atoms with van der Waals surface area (Å²) in [7, 11) is -1.11. The van der Waals surface area contributed by atoms with Gasteiger partial charge in [0.15, 0.2) is 0 Å². The molecule has 0 aliphatic carbocycles. The third kappa shape index (κ3) is 7.79. The Hall–Kier alpha value is -2.91. The lowest BCUT2D eigenvalue weighted by molar-refractivity contribution is -0.140. The second-order valence-electron chi connectivity index (χ2n) is 9.60. The number of hydrogen-bond donors (Lipinski definition) is 1. The van der Waals surface area contributed by atoms with Crippen LogP contribution in [0.15, 0.2) is 42.5 Å². The molecule has 0 spiro atoms. The van der Waals surface area contributed by atoms with Gasteiger partial charge in [-0.25, -0.2) is 4.31 Å². The summed E-state index contributed by atoms with van der Waals surface area (Å²) < 4.78 is 29.1. The predicted molar refractivity (Wildman–Crippen MR) is 150 cm³/mol. The zero-order chi connectivity index (χ0) is 27.8. The number of anilines is 1. The van der Waals surface area contributed by atoms with Crippen molar-refractivity contribution in [1.29, 1.82) is 0 Å². The summed E-state index contributed by atoms with van der Waals surface area (Å²) in [6.45, 7) is 9.87. The van der Waals surface area contributed by atoms with Crippen LogP contribution in [0.2, 0.25) is 0 Å². The average molecular weight is 531 g/mol. The Morgan fingerprint density at radius 2 is 1.65 bits per heavy atom. The zero-order valence-corrected chi connectivity index (χ0v) is 24.1. The summed E-state index contributed by atoms with van der Waals surface area (Å²) in [6, 6.07) is 12.5. The van der Waals surface area contributed by atoms with Gasteiger partial charge in [-0.2, -0.15) is 12.7 Å². The normalized spacial score (nSPS) is 12.3. The first kappa shape index (κ1) is 30.3. The van der Waals surface area contributed by atoms with E-state index in [0.29, 0.717) is 18.7 Å². The van der Waals surface area contributed by atoms with Crippen LogP contribution < -0.4 is 9.62 Å². The van der Waals surface area contributed by atoms with Gasteiger partial charge in [-0.1, -0.05) is 56.7 Å². The van der Waals surface area contributed by atoms with Crippen LogP contribution in [0.4, 0.5) is 5.69 Å². The van der Waals surface area contributed by atoms with Crippen molar-refractivity contribution in [3.05, 3.63) is 64.7 Å². The van der Waals surface area contributed by atoms with Crippen molar-refractivity contribution in [2.45, 2.75) is 66.5 Å². The van der Waals surface area contributed by atoms with Gasteiger partial charge in [0.1, 0.15) is 12.6 Å². The third-order valence-electron chi connectivity index (χ3n) is 6.47. The minimum Gasteiger partial charge on any atom is -0.354 e. The van der Waals surface area contributed by atoms with Crippen molar-refractivity contribution in [1.82, 2.24) is 14.5 Å². The Bertz CT molecular complexity index is 1180. The van der Waals surface area contributed by atoms with Crippen LogP contribution in [-0.2, 0) is 26.3 Å². The van der Waals surface area contributed by atoms with Crippen LogP contribution in [0.25, 0.3) is 0 Å². The summed E-state index contributed by atoms with van der Waals surface area (Å²) in [6.07, 6.45) is 2.19. The molecule has 0 fully saturated rings. The van der Waals surface area contributed by atoms with Crippen LogP contribution in [-0.4, -0.2) is 62.7 Å². The number of aryl methyl sites for hydroxylation is 3. The fraction of sp³-hybridized carbons (Fsp3) is 0.500. The minimum atomic E-state index is -3.99. The van der Waals surface area contributed by atoms with Gasteiger partial charge in [0.25, 0.3) is 0 Å².